The number of halogens is 1. The van der Waals surface area contributed by atoms with Crippen molar-refractivity contribution in [2.75, 3.05) is 6.54 Å². The van der Waals surface area contributed by atoms with Gasteiger partial charge in [-0.3, -0.25) is 4.79 Å². The first-order valence-electron chi connectivity index (χ1n) is 5.94. The quantitative estimate of drug-likeness (QED) is 0.894. The van der Waals surface area contributed by atoms with Gasteiger partial charge in [-0.2, -0.15) is 0 Å². The van der Waals surface area contributed by atoms with Gasteiger partial charge >= 0.3 is 0 Å². The largest absolute Gasteiger partial charge is 0.356 e. The van der Waals surface area contributed by atoms with E-state index >= 15 is 0 Å². The number of amides is 1. The first-order valence-corrected chi connectivity index (χ1v) is 7.20. The van der Waals surface area contributed by atoms with Crippen LogP contribution in [0.25, 0.3) is 0 Å². The zero-order chi connectivity index (χ0) is 12.5. The summed E-state index contributed by atoms with van der Waals surface area (Å²) in [4.78, 5) is 18.5. The molecule has 94 valence electrons. The van der Waals surface area contributed by atoms with Crippen LogP contribution >= 0.6 is 22.9 Å². The molecule has 0 spiro atoms. The summed E-state index contributed by atoms with van der Waals surface area (Å²) < 4.78 is 0. The van der Waals surface area contributed by atoms with Crippen LogP contribution < -0.4 is 0 Å². The lowest BCUT2D eigenvalue weighted by atomic mass is 10.2. The Morgan fingerprint density at radius 3 is 3.11 bits per heavy atom. The summed E-state index contributed by atoms with van der Waals surface area (Å²) >= 11 is 7.56. The van der Waals surface area contributed by atoms with Gasteiger partial charge in [0.15, 0.2) is 0 Å². The molecule has 3 rings (SSSR count). The topological polar surface area (TPSA) is 36.1 Å². The SMILES string of the molecule is O=C(c1cc(Cl)c[nH]1)N1CCCC1c1cccs1. The van der Waals surface area contributed by atoms with Crippen LogP contribution in [0.3, 0.4) is 0 Å². The van der Waals surface area contributed by atoms with Crippen LogP contribution in [0, 0.1) is 0 Å². The Morgan fingerprint density at radius 1 is 1.56 bits per heavy atom. The van der Waals surface area contributed by atoms with Gasteiger partial charge in [-0.05, 0) is 30.4 Å². The van der Waals surface area contributed by atoms with Gasteiger partial charge in [-0.25, -0.2) is 0 Å². The van der Waals surface area contributed by atoms with Crippen molar-refractivity contribution < 1.29 is 4.79 Å². The zero-order valence-electron chi connectivity index (χ0n) is 9.73. The molecule has 5 heteroatoms. The minimum Gasteiger partial charge on any atom is -0.356 e. The molecule has 1 atom stereocenters. The summed E-state index contributed by atoms with van der Waals surface area (Å²) in [5.41, 5.74) is 0.573. The van der Waals surface area contributed by atoms with Gasteiger partial charge in [0.2, 0.25) is 0 Å². The normalized spacial score (nSPS) is 19.4. The molecule has 3 nitrogen and oxygen atoms in total. The third-order valence-corrected chi connectivity index (χ3v) is 4.46. The van der Waals surface area contributed by atoms with E-state index in [1.807, 2.05) is 11.0 Å². The molecule has 18 heavy (non-hydrogen) atoms. The Labute approximate surface area is 114 Å². The Bertz CT molecular complexity index is 549. The fourth-order valence-corrected chi connectivity index (χ4v) is 3.47. The molecular weight excluding hydrogens is 268 g/mol. The van der Waals surface area contributed by atoms with Crippen molar-refractivity contribution in [3.63, 3.8) is 0 Å². The molecule has 1 N–H and O–H groups in total. The fraction of sp³-hybridized carbons (Fsp3) is 0.308. The third-order valence-electron chi connectivity index (χ3n) is 3.26. The number of nitrogens with zero attached hydrogens (tertiary/aromatic N) is 1. The summed E-state index contributed by atoms with van der Waals surface area (Å²) in [5.74, 6) is 0.0396. The predicted molar refractivity (Wildman–Crippen MR) is 73.1 cm³/mol. The van der Waals surface area contributed by atoms with Gasteiger partial charge in [0.05, 0.1) is 11.1 Å². The van der Waals surface area contributed by atoms with Gasteiger partial charge in [0.25, 0.3) is 5.91 Å². The monoisotopic (exact) mass is 280 g/mol. The van der Waals surface area contributed by atoms with Crippen LogP contribution in [0.15, 0.2) is 29.8 Å². The molecule has 3 heterocycles. The molecule has 0 saturated carbocycles. The van der Waals surface area contributed by atoms with Crippen LogP contribution in [-0.2, 0) is 0 Å². The smallest absolute Gasteiger partial charge is 0.270 e. The first-order chi connectivity index (χ1) is 8.75. The summed E-state index contributed by atoms with van der Waals surface area (Å²) in [6.45, 7) is 0.817. The number of thiophene rings is 1. The summed E-state index contributed by atoms with van der Waals surface area (Å²) in [7, 11) is 0. The fourth-order valence-electron chi connectivity index (χ4n) is 2.43. The lowest BCUT2D eigenvalue weighted by molar-refractivity contribution is 0.0732. The number of H-pyrrole nitrogens is 1. The van der Waals surface area contributed by atoms with Gasteiger partial charge < -0.3 is 9.88 Å². The number of hydrogen-bond donors (Lipinski definition) is 1. The molecular formula is C13H13ClN2OS. The van der Waals surface area contributed by atoms with Gasteiger partial charge in [0.1, 0.15) is 5.69 Å². The Kier molecular flexibility index (Phi) is 3.14. The van der Waals surface area contributed by atoms with E-state index in [4.69, 9.17) is 11.6 Å². The second kappa shape index (κ2) is 4.78. The van der Waals surface area contributed by atoms with Crippen LogP contribution in [0.5, 0.6) is 0 Å². The van der Waals surface area contributed by atoms with Crippen molar-refractivity contribution in [2.45, 2.75) is 18.9 Å². The van der Waals surface area contributed by atoms with Crippen molar-refractivity contribution in [3.8, 4) is 0 Å². The molecule has 0 bridgehead atoms. The highest BCUT2D eigenvalue weighted by atomic mass is 35.5. The minimum atomic E-state index is 0.0396. The van der Waals surface area contributed by atoms with E-state index in [1.54, 1.807) is 23.6 Å². The summed E-state index contributed by atoms with van der Waals surface area (Å²) in [5, 5.41) is 2.63. The highest BCUT2D eigenvalue weighted by Gasteiger charge is 2.31. The maximum absolute atomic E-state index is 12.4. The highest BCUT2D eigenvalue weighted by molar-refractivity contribution is 7.10. The molecule has 0 aliphatic carbocycles. The molecule has 2 aromatic heterocycles. The van der Waals surface area contributed by atoms with Crippen molar-refractivity contribution >= 4 is 28.8 Å². The molecule has 1 unspecified atom stereocenters. The van der Waals surface area contributed by atoms with Gasteiger partial charge in [-0.15, -0.1) is 11.3 Å². The summed E-state index contributed by atoms with van der Waals surface area (Å²) in [6, 6.07) is 6.04. The second-order valence-corrected chi connectivity index (χ2v) is 5.82. The molecule has 1 aliphatic rings. The number of likely N-dealkylation sites (tertiary alicyclic amines) is 1. The average molecular weight is 281 g/mol. The van der Waals surface area contributed by atoms with Crippen molar-refractivity contribution in [2.24, 2.45) is 0 Å². The van der Waals surface area contributed by atoms with E-state index in [9.17, 15) is 4.79 Å². The van der Waals surface area contributed by atoms with Crippen molar-refractivity contribution in [1.82, 2.24) is 9.88 Å². The van der Waals surface area contributed by atoms with Crippen LogP contribution in [0.1, 0.15) is 34.2 Å². The highest BCUT2D eigenvalue weighted by Crippen LogP contribution is 2.35. The van der Waals surface area contributed by atoms with E-state index in [-0.39, 0.29) is 11.9 Å². The number of carbonyl (C=O) groups is 1. The maximum Gasteiger partial charge on any atom is 0.270 e. The second-order valence-electron chi connectivity index (χ2n) is 4.40. The van der Waals surface area contributed by atoms with Crippen LogP contribution in [0.4, 0.5) is 0 Å². The van der Waals surface area contributed by atoms with E-state index < -0.39 is 0 Å². The van der Waals surface area contributed by atoms with E-state index in [1.165, 1.54) is 4.88 Å². The number of hydrogen-bond acceptors (Lipinski definition) is 2. The van der Waals surface area contributed by atoms with Gasteiger partial charge in [-0.1, -0.05) is 17.7 Å². The molecule has 0 aromatic carbocycles. The van der Waals surface area contributed by atoms with E-state index in [0.717, 1.165) is 19.4 Å². The first kappa shape index (κ1) is 11.8. The lowest BCUT2D eigenvalue weighted by Gasteiger charge is -2.23. The molecule has 0 radical (unpaired) electrons. The van der Waals surface area contributed by atoms with Crippen molar-refractivity contribution in [1.29, 1.82) is 0 Å². The molecule has 1 amide bonds. The maximum atomic E-state index is 12.4. The lowest BCUT2D eigenvalue weighted by Crippen LogP contribution is -2.30. The molecule has 1 fully saturated rings. The van der Waals surface area contributed by atoms with E-state index in [2.05, 4.69) is 16.4 Å². The number of rotatable bonds is 2. The number of carbonyl (C=O) groups excluding carboxylic acids is 1. The molecule has 1 saturated heterocycles. The average Bonchev–Trinajstić information content (AvgIpc) is 3.08. The minimum absolute atomic E-state index is 0.0396. The molecule has 1 aliphatic heterocycles. The summed E-state index contributed by atoms with van der Waals surface area (Å²) in [6.07, 6.45) is 3.74. The van der Waals surface area contributed by atoms with Crippen LogP contribution in [-0.4, -0.2) is 22.3 Å². The standard InChI is InChI=1S/C13H13ClN2OS/c14-9-7-10(15-8-9)13(17)16-5-1-3-11(16)12-4-2-6-18-12/h2,4,6-8,11,15H,1,3,5H2. The predicted octanol–water partition coefficient (Wildman–Crippen LogP) is 3.71. The Hall–Kier alpha value is -1.26. The van der Waals surface area contributed by atoms with Gasteiger partial charge in [0, 0.05) is 17.6 Å². The van der Waals surface area contributed by atoms with Crippen LogP contribution in [0.2, 0.25) is 5.02 Å². The Balaban J connectivity index is 1.85. The van der Waals surface area contributed by atoms with Crippen molar-refractivity contribution in [3.05, 3.63) is 45.4 Å². The zero-order valence-corrected chi connectivity index (χ0v) is 11.3. The number of aromatic nitrogens is 1. The molecule has 2 aromatic rings. The third kappa shape index (κ3) is 2.06. The Morgan fingerprint density at radius 2 is 2.44 bits per heavy atom. The number of nitrogens with one attached hydrogen (secondary N) is 1. The number of aromatic amines is 1. The van der Waals surface area contributed by atoms with E-state index in [0.29, 0.717) is 10.7 Å².